The average Bonchev–Trinajstić information content (AvgIpc) is 2.94. The smallest absolute Gasteiger partial charge is 0.430 e. The molecule has 0 saturated heterocycles. The number of hydrogen-bond donors (Lipinski definition) is 6. The number of nitrogens with zero attached hydrogens (tertiary/aromatic N) is 2. The van der Waals surface area contributed by atoms with E-state index in [-0.39, 0.29) is 24.0 Å². The van der Waals surface area contributed by atoms with Crippen LogP contribution in [0.3, 0.4) is 0 Å². The number of aliphatic carboxylic acids is 3. The molecule has 16 nitrogen and oxygen atoms in total. The first kappa shape index (κ1) is 37.1. The number of anilines is 1. The van der Waals surface area contributed by atoms with Crippen LogP contribution >= 0.6 is 0 Å². The van der Waals surface area contributed by atoms with Gasteiger partial charge in [-0.2, -0.15) is 26.3 Å². The third kappa shape index (κ3) is 13.3. The second kappa shape index (κ2) is 16.0. The zero-order valence-corrected chi connectivity index (χ0v) is 22.2. The van der Waals surface area contributed by atoms with E-state index in [9.17, 15) is 45.8 Å². The van der Waals surface area contributed by atoms with Gasteiger partial charge in [-0.3, -0.25) is 35.8 Å². The van der Waals surface area contributed by atoms with Gasteiger partial charge in [0.15, 0.2) is 6.04 Å². The summed E-state index contributed by atoms with van der Waals surface area (Å²) in [6, 6.07) is 6.68. The number of nitrogens with two attached hydrogens (primary N) is 2. The monoisotopic (exact) mass is 652 g/mol. The summed E-state index contributed by atoms with van der Waals surface area (Å²) in [6.45, 7) is 0.115. The Kier molecular flexibility index (Phi) is 13.2. The van der Waals surface area contributed by atoms with Gasteiger partial charge in [0, 0.05) is 35.0 Å². The number of carbonyl (C=O) groups is 4. The lowest BCUT2D eigenvalue weighted by Gasteiger charge is -2.12. The summed E-state index contributed by atoms with van der Waals surface area (Å²) >= 11 is 0. The van der Waals surface area contributed by atoms with Crippen molar-refractivity contribution in [2.24, 2.45) is 11.5 Å². The second-order valence-electron chi connectivity index (χ2n) is 8.17. The molecule has 1 atom stereocenters. The third-order valence-corrected chi connectivity index (χ3v) is 4.76. The maximum absolute atomic E-state index is 12.5. The number of H-pyrrole nitrogens is 1. The fraction of sp³-hybridized carbons (Fsp3) is 0.217. The first-order chi connectivity index (χ1) is 20.7. The molecule has 3 heterocycles. The van der Waals surface area contributed by atoms with E-state index < -0.39 is 47.8 Å². The van der Waals surface area contributed by atoms with Crippen molar-refractivity contribution in [1.82, 2.24) is 14.7 Å². The first-order valence-corrected chi connectivity index (χ1v) is 11.7. The number of halogens is 6. The maximum Gasteiger partial charge on any atom is 0.430 e. The predicted molar refractivity (Wildman–Crippen MR) is 132 cm³/mol. The Balaban J connectivity index is 0.000000601. The van der Waals surface area contributed by atoms with E-state index in [0.29, 0.717) is 12.1 Å². The SMILES string of the molecule is NC(N)=[NH+]Cc1ccc2cc(C(=O)NCC(Nc3nccc[nH+]3)C(=O)O)cc(=O)n2c1.O=C([O-])C(F)(F)F.O=C([O-])C(F)(F)F. The molecule has 0 spiro atoms. The van der Waals surface area contributed by atoms with E-state index in [1.54, 1.807) is 30.6 Å². The van der Waals surface area contributed by atoms with Crippen molar-refractivity contribution in [2.75, 3.05) is 11.9 Å². The molecule has 22 heteroatoms. The normalized spacial score (nSPS) is 11.4. The minimum absolute atomic E-state index is 0.0644. The summed E-state index contributed by atoms with van der Waals surface area (Å²) in [5.41, 5.74) is 11.7. The van der Waals surface area contributed by atoms with Crippen LogP contribution in [0.25, 0.3) is 5.52 Å². The van der Waals surface area contributed by atoms with Crippen LogP contribution in [0.1, 0.15) is 15.9 Å². The van der Waals surface area contributed by atoms with Crippen LogP contribution in [0.15, 0.2) is 53.7 Å². The van der Waals surface area contributed by atoms with E-state index in [1.807, 2.05) is 0 Å². The molecule has 45 heavy (non-hydrogen) atoms. The molecule has 3 aromatic rings. The van der Waals surface area contributed by atoms with Crippen molar-refractivity contribution in [3.05, 3.63) is 70.4 Å². The topological polar surface area (TPSA) is 273 Å². The number of aromatic amines is 1. The molecule has 0 fully saturated rings. The highest BCUT2D eigenvalue weighted by Gasteiger charge is 2.29. The number of guanidine groups is 1. The van der Waals surface area contributed by atoms with Crippen molar-refractivity contribution < 1.29 is 70.8 Å². The number of carbonyl (C=O) groups excluding carboxylic acids is 3. The van der Waals surface area contributed by atoms with Crippen LogP contribution in [0.4, 0.5) is 32.3 Å². The van der Waals surface area contributed by atoms with E-state index in [1.165, 1.54) is 22.7 Å². The molecule has 0 aromatic carbocycles. The van der Waals surface area contributed by atoms with Crippen molar-refractivity contribution in [3.8, 4) is 0 Å². The summed E-state index contributed by atoms with van der Waals surface area (Å²) in [4.78, 5) is 63.5. The van der Waals surface area contributed by atoms with Gasteiger partial charge in [-0.1, -0.05) is 11.1 Å². The Labute approximate surface area is 246 Å². The van der Waals surface area contributed by atoms with Crippen LogP contribution in [0.2, 0.25) is 0 Å². The van der Waals surface area contributed by atoms with Crippen LogP contribution in [-0.2, 0) is 20.9 Å². The summed E-state index contributed by atoms with van der Waals surface area (Å²) < 4.78 is 64.5. The number of carboxylic acids is 3. The Morgan fingerprint density at radius 1 is 1.04 bits per heavy atom. The Morgan fingerprint density at radius 3 is 2.09 bits per heavy atom. The number of fused-ring (bicyclic) bond motifs is 1. The van der Waals surface area contributed by atoms with Crippen molar-refractivity contribution in [3.63, 3.8) is 0 Å². The van der Waals surface area contributed by atoms with Crippen molar-refractivity contribution in [1.29, 1.82) is 0 Å². The number of nitrogens with one attached hydrogen (secondary N) is 4. The van der Waals surface area contributed by atoms with E-state index in [2.05, 4.69) is 25.6 Å². The fourth-order valence-electron chi connectivity index (χ4n) is 2.77. The second-order valence-corrected chi connectivity index (χ2v) is 8.17. The highest BCUT2D eigenvalue weighted by Crippen LogP contribution is 2.12. The molecule has 3 rings (SSSR count). The Bertz CT molecular complexity index is 1570. The lowest BCUT2D eigenvalue weighted by atomic mass is 10.2. The highest BCUT2D eigenvalue weighted by molar-refractivity contribution is 5.95. The summed E-state index contributed by atoms with van der Waals surface area (Å²) in [6.07, 6.45) is -5.70. The number of alkyl halides is 6. The molecule has 1 amide bonds. The highest BCUT2D eigenvalue weighted by atomic mass is 19.4. The Hall–Kier alpha value is -5.96. The standard InChI is InChI=1S/C19H20N8O4.2C2HF3O2/c20-18(21)25-8-11-2-3-13-6-12(7-15(28)27(13)10-11)16(29)24-9-14(17(30)31)26-19-22-4-1-5-23-19;2*3-2(4,5)1(6)7/h1-7,10,14H,8-9H2,(H,24,29)(H,30,31)(H4,20,21,25)(H,22,23,26);2*(H,6,7). The summed E-state index contributed by atoms with van der Waals surface area (Å²) in [5, 5.41) is 32.2. The van der Waals surface area contributed by atoms with Crippen LogP contribution in [-0.4, -0.2) is 69.2 Å². The van der Waals surface area contributed by atoms with E-state index >= 15 is 0 Å². The molecule has 244 valence electrons. The number of amides is 1. The zero-order valence-electron chi connectivity index (χ0n) is 22.2. The third-order valence-electron chi connectivity index (χ3n) is 4.76. The molecular formula is C23H22F6N8O8. The van der Waals surface area contributed by atoms with Crippen molar-refractivity contribution in [2.45, 2.75) is 24.9 Å². The van der Waals surface area contributed by atoms with Gasteiger partial charge in [0.1, 0.15) is 18.1 Å². The number of hydrogen-bond acceptors (Lipinski definition) is 9. The minimum Gasteiger partial charge on any atom is -0.542 e. The number of carboxylic acid groups (broad SMARTS) is 3. The van der Waals surface area contributed by atoms with E-state index in [0.717, 1.165) is 5.56 Å². The minimum atomic E-state index is -5.19. The lowest BCUT2D eigenvalue weighted by molar-refractivity contribution is -0.477. The number of aromatic nitrogens is 3. The predicted octanol–water partition coefficient (Wildman–Crippen LogP) is -4.75. The molecular weight excluding hydrogens is 630 g/mol. The quantitative estimate of drug-likeness (QED) is 0.0761. The van der Waals surface area contributed by atoms with Crippen LogP contribution in [0, 0.1) is 0 Å². The average molecular weight is 652 g/mol. The van der Waals surface area contributed by atoms with Gasteiger partial charge in [-0.15, -0.1) is 0 Å². The van der Waals surface area contributed by atoms with Gasteiger partial charge in [-0.05, 0) is 12.1 Å². The van der Waals surface area contributed by atoms with E-state index in [4.69, 9.17) is 31.3 Å². The fourth-order valence-corrected chi connectivity index (χ4v) is 2.77. The molecule has 0 aliphatic heterocycles. The van der Waals surface area contributed by atoms with Gasteiger partial charge >= 0.3 is 30.2 Å². The summed E-state index contributed by atoms with van der Waals surface area (Å²) in [7, 11) is 0. The molecule has 3 aromatic heterocycles. The van der Waals surface area contributed by atoms with Gasteiger partial charge < -0.3 is 30.2 Å². The van der Waals surface area contributed by atoms with Gasteiger partial charge in [0.25, 0.3) is 11.5 Å². The molecule has 1 unspecified atom stereocenters. The van der Waals surface area contributed by atoms with Gasteiger partial charge in [0.2, 0.25) is 0 Å². The largest absolute Gasteiger partial charge is 0.542 e. The molecule has 0 aliphatic carbocycles. The lowest BCUT2D eigenvalue weighted by Crippen LogP contribution is -2.76. The Morgan fingerprint density at radius 2 is 1.62 bits per heavy atom. The van der Waals surface area contributed by atoms with Crippen LogP contribution < -0.4 is 47.8 Å². The number of rotatable bonds is 8. The molecule has 0 saturated carbocycles. The van der Waals surface area contributed by atoms with Gasteiger partial charge in [-0.25, -0.2) is 9.78 Å². The molecule has 0 bridgehead atoms. The molecule has 9 N–H and O–H groups in total. The van der Waals surface area contributed by atoms with Crippen LogP contribution in [0.5, 0.6) is 0 Å². The number of pyridine rings is 2. The zero-order chi connectivity index (χ0) is 34.5. The first-order valence-electron chi connectivity index (χ1n) is 11.7. The van der Waals surface area contributed by atoms with Crippen molar-refractivity contribution >= 4 is 41.2 Å². The molecule has 0 radical (unpaired) electrons. The van der Waals surface area contributed by atoms with Gasteiger partial charge in [0.05, 0.1) is 19.3 Å². The summed E-state index contributed by atoms with van der Waals surface area (Å²) in [5.74, 6) is -7.45. The maximum atomic E-state index is 12.5. The molecule has 0 aliphatic rings.